The van der Waals surface area contributed by atoms with E-state index in [1.807, 2.05) is 67.6 Å². The molecule has 0 bridgehead atoms. The van der Waals surface area contributed by atoms with Crippen molar-refractivity contribution in [1.29, 1.82) is 0 Å². The standard InChI is InChI=1S/C26H24O3S/c1-19-24(29-23-14-12-22(13-15-23)21-10-6-3-7-11-21)18-28-26(27)25(19)30-17-16-20-8-4-2-5-9-20/h2-15,24H,16-18H2,1H3. The molecule has 3 aromatic carbocycles. The minimum atomic E-state index is -0.260. The number of ether oxygens (including phenoxy) is 2. The normalized spacial score (nSPS) is 16.3. The Labute approximate surface area is 181 Å². The van der Waals surface area contributed by atoms with Crippen LogP contribution in [0.1, 0.15) is 12.5 Å². The lowest BCUT2D eigenvalue weighted by atomic mass is 10.1. The molecule has 0 saturated carbocycles. The van der Waals surface area contributed by atoms with Gasteiger partial charge < -0.3 is 9.47 Å². The quantitative estimate of drug-likeness (QED) is 0.449. The highest BCUT2D eigenvalue weighted by molar-refractivity contribution is 8.04. The van der Waals surface area contributed by atoms with Crippen molar-refractivity contribution >= 4 is 17.7 Å². The van der Waals surface area contributed by atoms with Crippen molar-refractivity contribution in [3.63, 3.8) is 0 Å². The Morgan fingerprint density at radius 3 is 2.23 bits per heavy atom. The number of aryl methyl sites for hydroxylation is 1. The number of hydrogen-bond donors (Lipinski definition) is 0. The lowest BCUT2D eigenvalue weighted by Gasteiger charge is -2.26. The van der Waals surface area contributed by atoms with E-state index in [0.717, 1.165) is 29.1 Å². The third-order valence-corrected chi connectivity index (χ3v) is 6.30. The topological polar surface area (TPSA) is 35.5 Å². The van der Waals surface area contributed by atoms with Gasteiger partial charge in [0.2, 0.25) is 0 Å². The summed E-state index contributed by atoms with van der Waals surface area (Å²) in [5.41, 5.74) is 4.52. The largest absolute Gasteiger partial charge is 0.482 e. The van der Waals surface area contributed by atoms with Gasteiger partial charge in [0.15, 0.2) is 6.10 Å². The summed E-state index contributed by atoms with van der Waals surface area (Å²) in [6, 6.07) is 28.6. The number of thioether (sulfide) groups is 1. The average molecular weight is 417 g/mol. The molecule has 4 rings (SSSR count). The van der Waals surface area contributed by atoms with Crippen LogP contribution in [0.5, 0.6) is 5.75 Å². The molecule has 0 fully saturated rings. The van der Waals surface area contributed by atoms with Gasteiger partial charge >= 0.3 is 5.97 Å². The second kappa shape index (κ2) is 9.68. The van der Waals surface area contributed by atoms with Gasteiger partial charge in [-0.15, -0.1) is 11.8 Å². The number of hydrogen-bond acceptors (Lipinski definition) is 4. The number of rotatable bonds is 7. The summed E-state index contributed by atoms with van der Waals surface area (Å²) in [6.07, 6.45) is 0.645. The fourth-order valence-corrected chi connectivity index (χ4v) is 4.46. The van der Waals surface area contributed by atoms with E-state index in [-0.39, 0.29) is 18.7 Å². The van der Waals surface area contributed by atoms with E-state index in [2.05, 4.69) is 24.3 Å². The molecule has 0 radical (unpaired) electrons. The summed E-state index contributed by atoms with van der Waals surface area (Å²) >= 11 is 1.55. The van der Waals surface area contributed by atoms with Crippen LogP contribution in [0, 0.1) is 0 Å². The van der Waals surface area contributed by atoms with Crippen LogP contribution in [0.2, 0.25) is 0 Å². The molecule has 0 aliphatic carbocycles. The first kappa shape index (κ1) is 20.3. The van der Waals surface area contributed by atoms with Crippen LogP contribution in [0.25, 0.3) is 11.1 Å². The van der Waals surface area contributed by atoms with Gasteiger partial charge in [-0.2, -0.15) is 0 Å². The lowest BCUT2D eigenvalue weighted by Crippen LogP contribution is -2.32. The van der Waals surface area contributed by atoms with Crippen molar-refractivity contribution in [2.75, 3.05) is 12.4 Å². The smallest absolute Gasteiger partial charge is 0.344 e. The highest BCUT2D eigenvalue weighted by atomic mass is 32.2. The van der Waals surface area contributed by atoms with Gasteiger partial charge in [-0.3, -0.25) is 0 Å². The van der Waals surface area contributed by atoms with Crippen LogP contribution in [-0.4, -0.2) is 24.4 Å². The Morgan fingerprint density at radius 2 is 1.53 bits per heavy atom. The summed E-state index contributed by atoms with van der Waals surface area (Å²) in [4.78, 5) is 13.0. The first-order valence-corrected chi connectivity index (χ1v) is 11.1. The molecule has 1 unspecified atom stereocenters. The maximum Gasteiger partial charge on any atom is 0.344 e. The molecule has 0 aromatic heterocycles. The molecule has 1 aliphatic heterocycles. The van der Waals surface area contributed by atoms with Gasteiger partial charge in [0.05, 0.1) is 4.91 Å². The third-order valence-electron chi connectivity index (χ3n) is 5.11. The summed E-state index contributed by atoms with van der Waals surface area (Å²) in [5, 5.41) is 0. The zero-order chi connectivity index (χ0) is 20.8. The number of carbonyl (C=O) groups is 1. The van der Waals surface area contributed by atoms with E-state index in [0.29, 0.717) is 4.91 Å². The van der Waals surface area contributed by atoms with E-state index < -0.39 is 0 Å². The number of cyclic esters (lactones) is 1. The zero-order valence-electron chi connectivity index (χ0n) is 16.9. The molecule has 0 spiro atoms. The molecule has 0 amide bonds. The van der Waals surface area contributed by atoms with Crippen molar-refractivity contribution in [3.05, 3.63) is 101 Å². The molecule has 30 heavy (non-hydrogen) atoms. The summed E-state index contributed by atoms with van der Waals surface area (Å²) in [7, 11) is 0. The van der Waals surface area contributed by atoms with Gasteiger partial charge in [0.25, 0.3) is 0 Å². The Morgan fingerprint density at radius 1 is 0.900 bits per heavy atom. The van der Waals surface area contributed by atoms with E-state index in [4.69, 9.17) is 9.47 Å². The number of benzene rings is 3. The Kier molecular flexibility index (Phi) is 6.55. The second-order valence-electron chi connectivity index (χ2n) is 7.19. The van der Waals surface area contributed by atoms with Gasteiger partial charge in [-0.25, -0.2) is 4.79 Å². The Bertz CT molecular complexity index is 1010. The van der Waals surface area contributed by atoms with Gasteiger partial charge in [0, 0.05) is 5.75 Å². The van der Waals surface area contributed by atoms with Crippen molar-refractivity contribution in [1.82, 2.24) is 0 Å². The molecule has 4 heteroatoms. The Balaban J connectivity index is 1.41. The van der Waals surface area contributed by atoms with Gasteiger partial charge in [-0.1, -0.05) is 72.8 Å². The fourth-order valence-electron chi connectivity index (χ4n) is 3.38. The summed E-state index contributed by atoms with van der Waals surface area (Å²) in [5.74, 6) is 1.35. The van der Waals surface area contributed by atoms with Crippen LogP contribution in [0.15, 0.2) is 95.4 Å². The summed E-state index contributed by atoms with van der Waals surface area (Å²) < 4.78 is 11.6. The van der Waals surface area contributed by atoms with E-state index in [1.165, 1.54) is 11.1 Å². The molecule has 152 valence electrons. The molecule has 0 N–H and O–H groups in total. The maximum absolute atomic E-state index is 12.3. The molecular formula is C26H24O3S. The van der Waals surface area contributed by atoms with Crippen LogP contribution in [0.4, 0.5) is 0 Å². The average Bonchev–Trinajstić information content (AvgIpc) is 2.80. The van der Waals surface area contributed by atoms with Crippen LogP contribution in [0.3, 0.4) is 0 Å². The van der Waals surface area contributed by atoms with E-state index in [9.17, 15) is 4.79 Å². The van der Waals surface area contributed by atoms with Crippen molar-refractivity contribution in [2.24, 2.45) is 0 Å². The van der Waals surface area contributed by atoms with Crippen LogP contribution in [-0.2, 0) is 16.0 Å². The number of carbonyl (C=O) groups excluding carboxylic acids is 1. The van der Waals surface area contributed by atoms with Gasteiger partial charge in [-0.05, 0) is 47.7 Å². The molecule has 0 saturated heterocycles. The SMILES string of the molecule is CC1=C(SCCc2ccccc2)C(=O)OCC1Oc1ccc(-c2ccccc2)cc1. The first-order valence-electron chi connectivity index (χ1n) is 10.1. The van der Waals surface area contributed by atoms with Crippen LogP contribution >= 0.6 is 11.8 Å². The first-order chi connectivity index (χ1) is 14.7. The fraction of sp³-hybridized carbons (Fsp3) is 0.192. The highest BCUT2D eigenvalue weighted by Crippen LogP contribution is 2.31. The van der Waals surface area contributed by atoms with E-state index >= 15 is 0 Å². The minimum Gasteiger partial charge on any atom is -0.482 e. The summed E-state index contributed by atoms with van der Waals surface area (Å²) in [6.45, 7) is 2.21. The molecular weight excluding hydrogens is 392 g/mol. The minimum absolute atomic E-state index is 0.244. The molecule has 1 heterocycles. The Hall–Kier alpha value is -2.98. The molecule has 3 nitrogen and oxygen atoms in total. The zero-order valence-corrected chi connectivity index (χ0v) is 17.7. The van der Waals surface area contributed by atoms with Crippen molar-refractivity contribution in [3.8, 4) is 16.9 Å². The molecule has 1 aliphatic rings. The van der Waals surface area contributed by atoms with Gasteiger partial charge in [0.1, 0.15) is 12.4 Å². The second-order valence-corrected chi connectivity index (χ2v) is 8.30. The van der Waals surface area contributed by atoms with E-state index in [1.54, 1.807) is 11.8 Å². The predicted molar refractivity (Wildman–Crippen MR) is 123 cm³/mol. The molecule has 1 atom stereocenters. The predicted octanol–water partition coefficient (Wildman–Crippen LogP) is 5.91. The number of esters is 1. The highest BCUT2D eigenvalue weighted by Gasteiger charge is 2.29. The third kappa shape index (κ3) is 4.95. The van der Waals surface area contributed by atoms with Crippen molar-refractivity contribution < 1.29 is 14.3 Å². The monoisotopic (exact) mass is 416 g/mol. The van der Waals surface area contributed by atoms with Crippen LogP contribution < -0.4 is 4.74 Å². The lowest BCUT2D eigenvalue weighted by molar-refractivity contribution is -0.141. The maximum atomic E-state index is 12.3. The van der Waals surface area contributed by atoms with Crippen molar-refractivity contribution in [2.45, 2.75) is 19.4 Å². The molecule has 3 aromatic rings.